The summed E-state index contributed by atoms with van der Waals surface area (Å²) in [5.74, 6) is 1.12. The Morgan fingerprint density at radius 3 is 2.82 bits per heavy atom. The van der Waals surface area contributed by atoms with Crippen LogP contribution in [0, 0.1) is 0 Å². The Labute approximate surface area is 102 Å². The van der Waals surface area contributed by atoms with Gasteiger partial charge in [0.15, 0.2) is 0 Å². The molecule has 0 saturated carbocycles. The third kappa shape index (κ3) is 2.42. The van der Waals surface area contributed by atoms with Crippen LogP contribution in [0.1, 0.15) is 11.3 Å². The van der Waals surface area contributed by atoms with Gasteiger partial charge in [-0.25, -0.2) is 4.98 Å². The van der Waals surface area contributed by atoms with Gasteiger partial charge in [0.1, 0.15) is 5.82 Å². The lowest BCUT2D eigenvalue weighted by Gasteiger charge is -2.28. The minimum atomic E-state index is 0.820. The van der Waals surface area contributed by atoms with Crippen molar-refractivity contribution in [3.05, 3.63) is 23.4 Å². The van der Waals surface area contributed by atoms with Gasteiger partial charge < -0.3 is 15.0 Å². The summed E-state index contributed by atoms with van der Waals surface area (Å²) in [5, 5.41) is 3.42. The lowest BCUT2D eigenvalue weighted by Crippen LogP contribution is -2.36. The predicted molar refractivity (Wildman–Crippen MR) is 67.5 cm³/mol. The molecular weight excluding hydrogens is 214 g/mol. The van der Waals surface area contributed by atoms with Gasteiger partial charge in [-0.2, -0.15) is 0 Å². The molecule has 1 aromatic rings. The van der Waals surface area contributed by atoms with Crippen LogP contribution in [0.4, 0.5) is 5.82 Å². The number of nitrogens with one attached hydrogen (secondary N) is 1. The maximum absolute atomic E-state index is 5.37. The zero-order valence-corrected chi connectivity index (χ0v) is 10.1. The van der Waals surface area contributed by atoms with Crippen LogP contribution in [-0.2, 0) is 17.6 Å². The van der Waals surface area contributed by atoms with E-state index in [1.807, 2.05) is 0 Å². The van der Waals surface area contributed by atoms with Gasteiger partial charge >= 0.3 is 0 Å². The van der Waals surface area contributed by atoms with E-state index in [0.29, 0.717) is 0 Å². The molecule has 17 heavy (non-hydrogen) atoms. The minimum Gasteiger partial charge on any atom is -0.378 e. The number of anilines is 1. The third-order valence-corrected chi connectivity index (χ3v) is 3.50. The molecule has 92 valence electrons. The molecule has 2 aliphatic heterocycles. The SMILES string of the molecule is c1cc2c(nc1N1CCOCC1)CCNCC2. The monoisotopic (exact) mass is 233 g/mol. The molecule has 4 nitrogen and oxygen atoms in total. The first-order valence-corrected chi connectivity index (χ1v) is 6.46. The van der Waals surface area contributed by atoms with E-state index < -0.39 is 0 Å². The molecular formula is C13H19N3O. The highest BCUT2D eigenvalue weighted by molar-refractivity contribution is 5.42. The summed E-state index contributed by atoms with van der Waals surface area (Å²) < 4.78 is 5.37. The van der Waals surface area contributed by atoms with Crippen molar-refractivity contribution < 1.29 is 4.74 Å². The third-order valence-electron chi connectivity index (χ3n) is 3.50. The van der Waals surface area contributed by atoms with E-state index in [2.05, 4.69) is 22.3 Å². The Balaban J connectivity index is 1.83. The lowest BCUT2D eigenvalue weighted by atomic mass is 10.1. The van der Waals surface area contributed by atoms with Gasteiger partial charge in [-0.1, -0.05) is 6.07 Å². The van der Waals surface area contributed by atoms with Gasteiger partial charge in [-0.3, -0.25) is 0 Å². The Morgan fingerprint density at radius 2 is 1.94 bits per heavy atom. The summed E-state index contributed by atoms with van der Waals surface area (Å²) in [6.45, 7) is 5.69. The van der Waals surface area contributed by atoms with E-state index in [0.717, 1.165) is 58.1 Å². The molecule has 0 bridgehead atoms. The summed E-state index contributed by atoms with van der Waals surface area (Å²) in [7, 11) is 0. The van der Waals surface area contributed by atoms with Gasteiger partial charge in [0.05, 0.1) is 13.2 Å². The standard InChI is InChI=1S/C13H19N3O/c1-2-13(16-7-9-17-10-8-16)15-12-4-6-14-5-3-11(1)12/h1-2,14H,3-10H2. The predicted octanol–water partition coefficient (Wildman–Crippen LogP) is 0.606. The highest BCUT2D eigenvalue weighted by atomic mass is 16.5. The number of nitrogens with zero attached hydrogens (tertiary/aromatic N) is 2. The molecule has 1 aromatic heterocycles. The van der Waals surface area contributed by atoms with E-state index >= 15 is 0 Å². The van der Waals surface area contributed by atoms with Crippen LogP contribution in [0.3, 0.4) is 0 Å². The van der Waals surface area contributed by atoms with Crippen molar-refractivity contribution in [3.63, 3.8) is 0 Å². The molecule has 1 saturated heterocycles. The second-order valence-corrected chi connectivity index (χ2v) is 4.62. The largest absolute Gasteiger partial charge is 0.378 e. The Bertz CT molecular complexity index is 388. The highest BCUT2D eigenvalue weighted by Gasteiger charge is 2.15. The van der Waals surface area contributed by atoms with Gasteiger partial charge in [0.2, 0.25) is 0 Å². The first kappa shape index (κ1) is 11.0. The molecule has 0 amide bonds. The molecule has 1 N–H and O–H groups in total. The summed E-state index contributed by atoms with van der Waals surface area (Å²) in [5.41, 5.74) is 2.69. The Hall–Kier alpha value is -1.13. The number of ether oxygens (including phenoxy) is 1. The molecule has 2 aliphatic rings. The van der Waals surface area contributed by atoms with Crippen LogP contribution in [0.15, 0.2) is 12.1 Å². The van der Waals surface area contributed by atoms with E-state index in [4.69, 9.17) is 9.72 Å². The van der Waals surface area contributed by atoms with Crippen molar-refractivity contribution in [1.82, 2.24) is 10.3 Å². The lowest BCUT2D eigenvalue weighted by molar-refractivity contribution is 0.122. The fourth-order valence-electron chi connectivity index (χ4n) is 2.49. The topological polar surface area (TPSA) is 37.4 Å². The zero-order chi connectivity index (χ0) is 11.5. The Kier molecular flexibility index (Phi) is 3.25. The molecule has 1 fully saturated rings. The van der Waals surface area contributed by atoms with Crippen molar-refractivity contribution in [1.29, 1.82) is 0 Å². The van der Waals surface area contributed by atoms with Crippen LogP contribution < -0.4 is 10.2 Å². The van der Waals surface area contributed by atoms with Crippen molar-refractivity contribution in [2.24, 2.45) is 0 Å². The number of pyridine rings is 1. The molecule has 3 heterocycles. The van der Waals surface area contributed by atoms with Crippen molar-refractivity contribution in [3.8, 4) is 0 Å². The fourth-order valence-corrected chi connectivity index (χ4v) is 2.49. The van der Waals surface area contributed by atoms with Gasteiger partial charge in [0, 0.05) is 31.7 Å². The Morgan fingerprint density at radius 1 is 1.12 bits per heavy atom. The van der Waals surface area contributed by atoms with Crippen LogP contribution >= 0.6 is 0 Å². The van der Waals surface area contributed by atoms with Gasteiger partial charge in [0.25, 0.3) is 0 Å². The van der Waals surface area contributed by atoms with Gasteiger partial charge in [-0.05, 0) is 24.6 Å². The number of morpholine rings is 1. The maximum atomic E-state index is 5.37. The first-order chi connectivity index (χ1) is 8.43. The van der Waals surface area contributed by atoms with Crippen LogP contribution in [-0.4, -0.2) is 44.4 Å². The fraction of sp³-hybridized carbons (Fsp3) is 0.615. The molecule has 0 aromatic carbocycles. The van der Waals surface area contributed by atoms with Crippen molar-refractivity contribution in [2.45, 2.75) is 12.8 Å². The van der Waals surface area contributed by atoms with E-state index in [1.165, 1.54) is 11.3 Å². The molecule has 0 atom stereocenters. The first-order valence-electron chi connectivity index (χ1n) is 6.46. The van der Waals surface area contributed by atoms with Gasteiger partial charge in [-0.15, -0.1) is 0 Å². The molecule has 4 heteroatoms. The van der Waals surface area contributed by atoms with Crippen molar-refractivity contribution in [2.75, 3.05) is 44.3 Å². The molecule has 0 unspecified atom stereocenters. The van der Waals surface area contributed by atoms with Crippen LogP contribution in [0.25, 0.3) is 0 Å². The highest BCUT2D eigenvalue weighted by Crippen LogP contribution is 2.18. The number of aromatic nitrogens is 1. The second kappa shape index (κ2) is 5.02. The zero-order valence-electron chi connectivity index (χ0n) is 10.1. The number of fused-ring (bicyclic) bond motifs is 1. The maximum Gasteiger partial charge on any atom is 0.128 e. The quantitative estimate of drug-likeness (QED) is 0.771. The van der Waals surface area contributed by atoms with E-state index in [1.54, 1.807) is 0 Å². The summed E-state index contributed by atoms with van der Waals surface area (Å²) in [6.07, 6.45) is 2.15. The number of rotatable bonds is 1. The number of hydrogen-bond donors (Lipinski definition) is 1. The minimum absolute atomic E-state index is 0.820. The molecule has 0 spiro atoms. The van der Waals surface area contributed by atoms with E-state index in [-0.39, 0.29) is 0 Å². The average molecular weight is 233 g/mol. The summed E-state index contributed by atoms with van der Waals surface area (Å²) >= 11 is 0. The van der Waals surface area contributed by atoms with Crippen molar-refractivity contribution >= 4 is 5.82 Å². The van der Waals surface area contributed by atoms with Crippen LogP contribution in [0.5, 0.6) is 0 Å². The van der Waals surface area contributed by atoms with E-state index in [9.17, 15) is 0 Å². The molecule has 0 aliphatic carbocycles. The average Bonchev–Trinajstić information content (AvgIpc) is 2.64. The second-order valence-electron chi connectivity index (χ2n) is 4.62. The molecule has 3 rings (SSSR count). The smallest absolute Gasteiger partial charge is 0.128 e. The summed E-state index contributed by atoms with van der Waals surface area (Å²) in [6, 6.07) is 4.41. The van der Waals surface area contributed by atoms with Crippen LogP contribution in [0.2, 0.25) is 0 Å². The molecule has 0 radical (unpaired) electrons. The number of hydrogen-bond acceptors (Lipinski definition) is 4. The normalized spacial score (nSPS) is 20.8. The summed E-state index contributed by atoms with van der Waals surface area (Å²) in [4.78, 5) is 7.15.